The molecular formula is C24H33N3S. The van der Waals surface area contributed by atoms with E-state index < -0.39 is 0 Å². The molecule has 1 fully saturated rings. The van der Waals surface area contributed by atoms with Crippen LogP contribution in [-0.2, 0) is 0 Å². The first kappa shape index (κ1) is 19.8. The van der Waals surface area contributed by atoms with Gasteiger partial charge in [0, 0.05) is 16.3 Å². The number of para-hydroxylation sites is 1. The van der Waals surface area contributed by atoms with E-state index in [4.69, 9.17) is 5.73 Å². The Bertz CT molecular complexity index is 783. The molecule has 150 valence electrons. The van der Waals surface area contributed by atoms with Crippen LogP contribution in [0.15, 0.2) is 52.3 Å². The lowest BCUT2D eigenvalue weighted by atomic mass is 9.92. The van der Waals surface area contributed by atoms with E-state index in [2.05, 4.69) is 59.2 Å². The number of benzene rings is 2. The number of nitrogens with zero attached hydrogens (tertiary/aromatic N) is 2. The van der Waals surface area contributed by atoms with Crippen LogP contribution in [0.5, 0.6) is 0 Å². The number of anilines is 2. The molecule has 0 aliphatic carbocycles. The summed E-state index contributed by atoms with van der Waals surface area (Å²) < 4.78 is 0. The predicted molar refractivity (Wildman–Crippen MR) is 121 cm³/mol. The summed E-state index contributed by atoms with van der Waals surface area (Å²) in [6.45, 7) is 7.83. The molecule has 28 heavy (non-hydrogen) atoms. The number of piperidine rings is 1. The van der Waals surface area contributed by atoms with Crippen molar-refractivity contribution in [3.05, 3.63) is 48.0 Å². The van der Waals surface area contributed by atoms with E-state index in [0.717, 1.165) is 25.4 Å². The number of hydrogen-bond donors (Lipinski definition) is 1. The Morgan fingerprint density at radius 3 is 2.57 bits per heavy atom. The molecule has 4 heteroatoms. The Labute approximate surface area is 174 Å². The van der Waals surface area contributed by atoms with E-state index in [1.165, 1.54) is 72.0 Å². The molecule has 2 heterocycles. The highest BCUT2D eigenvalue weighted by Crippen LogP contribution is 2.48. The first-order valence-corrected chi connectivity index (χ1v) is 11.6. The van der Waals surface area contributed by atoms with Gasteiger partial charge in [-0.1, -0.05) is 30.0 Å². The zero-order valence-electron chi connectivity index (χ0n) is 17.1. The van der Waals surface area contributed by atoms with Crippen LogP contribution in [0.4, 0.5) is 11.4 Å². The Morgan fingerprint density at radius 2 is 1.75 bits per heavy atom. The van der Waals surface area contributed by atoms with Crippen LogP contribution in [0.1, 0.15) is 37.7 Å². The molecule has 4 rings (SSSR count). The molecule has 0 unspecified atom stereocenters. The lowest BCUT2D eigenvalue weighted by molar-refractivity contribution is 0.177. The van der Waals surface area contributed by atoms with Gasteiger partial charge in [-0.2, -0.15) is 0 Å². The van der Waals surface area contributed by atoms with Crippen molar-refractivity contribution < 1.29 is 0 Å². The van der Waals surface area contributed by atoms with Gasteiger partial charge in [0.1, 0.15) is 0 Å². The van der Waals surface area contributed by atoms with Gasteiger partial charge in [-0.25, -0.2) is 0 Å². The van der Waals surface area contributed by atoms with E-state index in [0.29, 0.717) is 0 Å². The van der Waals surface area contributed by atoms with E-state index in [1.54, 1.807) is 0 Å². The number of nitrogens with two attached hydrogens (primary N) is 1. The van der Waals surface area contributed by atoms with Crippen molar-refractivity contribution in [1.29, 1.82) is 0 Å². The summed E-state index contributed by atoms with van der Waals surface area (Å²) in [6.07, 6.45) is 6.45. The molecule has 0 radical (unpaired) electrons. The second-order valence-electron chi connectivity index (χ2n) is 8.26. The van der Waals surface area contributed by atoms with Gasteiger partial charge in [-0.3, -0.25) is 0 Å². The topological polar surface area (TPSA) is 32.5 Å². The molecule has 0 saturated carbocycles. The fourth-order valence-corrected chi connectivity index (χ4v) is 5.61. The monoisotopic (exact) mass is 395 g/mol. The maximum atomic E-state index is 5.65. The minimum Gasteiger partial charge on any atom is -0.340 e. The highest BCUT2D eigenvalue weighted by atomic mass is 32.2. The van der Waals surface area contributed by atoms with E-state index >= 15 is 0 Å². The number of hydrogen-bond acceptors (Lipinski definition) is 4. The molecule has 2 aliphatic rings. The van der Waals surface area contributed by atoms with Gasteiger partial charge in [0.15, 0.2) is 0 Å². The van der Waals surface area contributed by atoms with Gasteiger partial charge in [-0.15, -0.1) is 0 Å². The van der Waals surface area contributed by atoms with Crippen molar-refractivity contribution in [3.63, 3.8) is 0 Å². The normalized spacial score (nSPS) is 17.4. The van der Waals surface area contributed by atoms with Crippen molar-refractivity contribution in [3.8, 4) is 0 Å². The maximum absolute atomic E-state index is 5.65. The summed E-state index contributed by atoms with van der Waals surface area (Å²) in [5.41, 5.74) is 9.76. The van der Waals surface area contributed by atoms with Crippen LogP contribution < -0.4 is 10.6 Å². The van der Waals surface area contributed by atoms with Gasteiger partial charge in [0.25, 0.3) is 0 Å². The fourth-order valence-electron chi connectivity index (χ4n) is 4.53. The Kier molecular flexibility index (Phi) is 6.61. The van der Waals surface area contributed by atoms with Crippen molar-refractivity contribution in [2.75, 3.05) is 37.6 Å². The summed E-state index contributed by atoms with van der Waals surface area (Å²) >= 11 is 1.91. The van der Waals surface area contributed by atoms with Gasteiger partial charge in [0.2, 0.25) is 0 Å². The molecule has 2 N–H and O–H groups in total. The summed E-state index contributed by atoms with van der Waals surface area (Å²) in [6, 6.07) is 15.7. The summed E-state index contributed by atoms with van der Waals surface area (Å²) in [4.78, 5) is 7.93. The highest BCUT2D eigenvalue weighted by Gasteiger charge is 2.24. The maximum Gasteiger partial charge on any atom is 0.0555 e. The zero-order valence-corrected chi connectivity index (χ0v) is 17.9. The third-order valence-corrected chi connectivity index (χ3v) is 7.29. The van der Waals surface area contributed by atoms with E-state index in [1.807, 2.05) is 11.8 Å². The third kappa shape index (κ3) is 4.56. The molecule has 0 amide bonds. The van der Waals surface area contributed by atoms with E-state index in [-0.39, 0.29) is 0 Å². The number of fused-ring (bicyclic) bond motifs is 2. The second-order valence-corrected chi connectivity index (χ2v) is 9.35. The summed E-state index contributed by atoms with van der Waals surface area (Å²) in [5.74, 6) is 0.889. The van der Waals surface area contributed by atoms with Crippen molar-refractivity contribution >= 4 is 23.1 Å². The Balaban J connectivity index is 1.37. The van der Waals surface area contributed by atoms with Gasteiger partial charge in [0.05, 0.1) is 11.4 Å². The molecule has 0 bridgehead atoms. The van der Waals surface area contributed by atoms with Crippen LogP contribution in [0.25, 0.3) is 0 Å². The number of likely N-dealkylation sites (tertiary alicyclic amines) is 1. The highest BCUT2D eigenvalue weighted by molar-refractivity contribution is 7.99. The molecule has 2 aliphatic heterocycles. The minimum absolute atomic E-state index is 0.816. The SMILES string of the molecule is Cc1ccc2c(c1)N(CCCC1CCN(CCCN)CC1)c1ccccc1S2. The molecule has 3 nitrogen and oxygen atoms in total. The van der Waals surface area contributed by atoms with Crippen LogP contribution in [0.2, 0.25) is 0 Å². The summed E-state index contributed by atoms with van der Waals surface area (Å²) in [7, 11) is 0. The van der Waals surface area contributed by atoms with Crippen LogP contribution in [0, 0.1) is 12.8 Å². The van der Waals surface area contributed by atoms with Crippen molar-refractivity contribution in [2.24, 2.45) is 11.7 Å². The fraction of sp³-hybridized carbons (Fsp3) is 0.500. The Hall–Kier alpha value is -1.49. The van der Waals surface area contributed by atoms with Crippen LogP contribution >= 0.6 is 11.8 Å². The first-order valence-electron chi connectivity index (χ1n) is 10.8. The minimum atomic E-state index is 0.816. The lowest BCUT2D eigenvalue weighted by Crippen LogP contribution is -2.35. The van der Waals surface area contributed by atoms with Crippen LogP contribution in [-0.4, -0.2) is 37.6 Å². The van der Waals surface area contributed by atoms with Gasteiger partial charge in [-0.05, 0) is 101 Å². The average molecular weight is 396 g/mol. The van der Waals surface area contributed by atoms with Crippen molar-refractivity contribution in [1.82, 2.24) is 4.90 Å². The first-order chi connectivity index (χ1) is 13.7. The van der Waals surface area contributed by atoms with Crippen molar-refractivity contribution in [2.45, 2.75) is 48.8 Å². The molecule has 2 aromatic carbocycles. The second kappa shape index (κ2) is 9.34. The number of rotatable bonds is 7. The standard InChI is InChI=1S/C24H33N3S/c1-19-9-10-24-22(18-19)27(21-7-2-3-8-23(21)28-24)15-4-6-20-11-16-26(17-12-20)14-5-13-25/h2-3,7-10,18,20H,4-6,11-17,25H2,1H3. The van der Waals surface area contributed by atoms with E-state index in [9.17, 15) is 0 Å². The Morgan fingerprint density at radius 1 is 0.964 bits per heavy atom. The molecule has 0 atom stereocenters. The van der Waals surface area contributed by atoms with Crippen LogP contribution in [0.3, 0.4) is 0 Å². The molecule has 1 saturated heterocycles. The lowest BCUT2D eigenvalue weighted by Gasteiger charge is -2.34. The predicted octanol–water partition coefficient (Wildman–Crippen LogP) is 5.44. The number of aryl methyl sites for hydroxylation is 1. The molecular weight excluding hydrogens is 362 g/mol. The van der Waals surface area contributed by atoms with Gasteiger partial charge < -0.3 is 15.5 Å². The smallest absolute Gasteiger partial charge is 0.0555 e. The average Bonchev–Trinajstić information content (AvgIpc) is 2.73. The largest absolute Gasteiger partial charge is 0.340 e. The molecule has 2 aromatic rings. The quantitative estimate of drug-likeness (QED) is 0.677. The molecule has 0 spiro atoms. The van der Waals surface area contributed by atoms with Gasteiger partial charge >= 0.3 is 0 Å². The zero-order chi connectivity index (χ0) is 19.3. The molecule has 0 aromatic heterocycles. The third-order valence-electron chi connectivity index (χ3n) is 6.16. The summed E-state index contributed by atoms with van der Waals surface area (Å²) in [5, 5.41) is 0.